The third-order valence-corrected chi connectivity index (χ3v) is 4.46. The number of rotatable bonds is 2. The van der Waals surface area contributed by atoms with Gasteiger partial charge in [-0.05, 0) is 57.5 Å². The van der Waals surface area contributed by atoms with Gasteiger partial charge in [-0.2, -0.15) is 10.5 Å². The zero-order valence-corrected chi connectivity index (χ0v) is 15.2. The second-order valence-corrected chi connectivity index (χ2v) is 7.36. The topological polar surface area (TPSA) is 47.6 Å². The van der Waals surface area contributed by atoms with Crippen molar-refractivity contribution in [2.24, 2.45) is 0 Å². The lowest BCUT2D eigenvalue weighted by Gasteiger charge is -2.27. The minimum atomic E-state index is -0.0618. The molecule has 0 radical (unpaired) electrons. The van der Waals surface area contributed by atoms with E-state index in [1.165, 1.54) is 16.7 Å². The van der Waals surface area contributed by atoms with Crippen molar-refractivity contribution >= 4 is 0 Å². The number of hydrogen-bond donors (Lipinski definition) is 0. The Hall–Kier alpha value is -3.36. The van der Waals surface area contributed by atoms with Crippen LogP contribution in [0.4, 0.5) is 0 Å². The molecule has 2 nitrogen and oxygen atoms in total. The van der Waals surface area contributed by atoms with Crippen molar-refractivity contribution in [2.75, 3.05) is 0 Å². The molecular formula is C24H20N2. The maximum absolute atomic E-state index is 9.05. The highest BCUT2D eigenvalue weighted by Gasteiger charge is 2.23. The molecule has 0 spiro atoms. The SMILES string of the molecule is CC(C)(C)c1c(-c2ccc(C#N)cc2)cccc1-c1ccc(C#N)cc1. The molecule has 0 aliphatic heterocycles. The minimum absolute atomic E-state index is 0.0618. The molecule has 0 heterocycles. The van der Waals surface area contributed by atoms with Crippen LogP contribution in [-0.4, -0.2) is 0 Å². The van der Waals surface area contributed by atoms with Crippen molar-refractivity contribution in [2.45, 2.75) is 26.2 Å². The van der Waals surface area contributed by atoms with Crippen LogP contribution in [0.1, 0.15) is 37.5 Å². The summed E-state index contributed by atoms with van der Waals surface area (Å²) in [6, 6.07) is 26.1. The van der Waals surface area contributed by atoms with Gasteiger partial charge in [0.1, 0.15) is 0 Å². The van der Waals surface area contributed by atoms with Gasteiger partial charge in [0.15, 0.2) is 0 Å². The zero-order chi connectivity index (χ0) is 18.7. The molecule has 3 rings (SSSR count). The average molecular weight is 336 g/mol. The first-order valence-corrected chi connectivity index (χ1v) is 8.58. The van der Waals surface area contributed by atoms with Crippen molar-refractivity contribution in [1.29, 1.82) is 10.5 Å². The van der Waals surface area contributed by atoms with Crippen molar-refractivity contribution in [3.8, 4) is 34.4 Å². The fourth-order valence-corrected chi connectivity index (χ4v) is 3.29. The van der Waals surface area contributed by atoms with E-state index < -0.39 is 0 Å². The third-order valence-electron chi connectivity index (χ3n) is 4.46. The predicted molar refractivity (Wildman–Crippen MR) is 105 cm³/mol. The number of hydrogen-bond acceptors (Lipinski definition) is 2. The van der Waals surface area contributed by atoms with E-state index in [1.54, 1.807) is 0 Å². The maximum atomic E-state index is 9.05. The van der Waals surface area contributed by atoms with Crippen LogP contribution in [0.2, 0.25) is 0 Å². The number of benzene rings is 3. The summed E-state index contributed by atoms with van der Waals surface area (Å²) >= 11 is 0. The third kappa shape index (κ3) is 3.37. The minimum Gasteiger partial charge on any atom is -0.192 e. The predicted octanol–water partition coefficient (Wildman–Crippen LogP) is 6.06. The standard InChI is InChI=1S/C24H20N2/c1-24(2,3)23-21(19-11-7-17(15-25)8-12-19)5-4-6-22(23)20-13-9-18(16-26)10-14-20/h4-14H,1-3H3. The summed E-state index contributed by atoms with van der Waals surface area (Å²) in [5, 5.41) is 18.1. The second-order valence-electron chi connectivity index (χ2n) is 7.36. The van der Waals surface area contributed by atoms with E-state index in [2.05, 4.69) is 51.1 Å². The summed E-state index contributed by atoms with van der Waals surface area (Å²) in [7, 11) is 0. The quantitative estimate of drug-likeness (QED) is 0.571. The van der Waals surface area contributed by atoms with Crippen molar-refractivity contribution in [1.82, 2.24) is 0 Å². The summed E-state index contributed by atoms with van der Waals surface area (Å²) in [5.74, 6) is 0. The molecule has 0 fully saturated rings. The number of nitrogens with zero attached hydrogens (tertiary/aromatic N) is 2. The first-order chi connectivity index (χ1) is 12.4. The smallest absolute Gasteiger partial charge is 0.0991 e. The normalized spacial score (nSPS) is 10.8. The van der Waals surface area contributed by atoms with E-state index >= 15 is 0 Å². The first-order valence-electron chi connectivity index (χ1n) is 8.58. The van der Waals surface area contributed by atoms with Gasteiger partial charge in [-0.3, -0.25) is 0 Å². The van der Waals surface area contributed by atoms with Gasteiger partial charge in [-0.1, -0.05) is 63.2 Å². The fraction of sp³-hybridized carbons (Fsp3) is 0.167. The monoisotopic (exact) mass is 336 g/mol. The van der Waals surface area contributed by atoms with Gasteiger partial charge in [-0.15, -0.1) is 0 Å². The van der Waals surface area contributed by atoms with E-state index in [0.29, 0.717) is 11.1 Å². The van der Waals surface area contributed by atoms with E-state index in [9.17, 15) is 0 Å². The van der Waals surface area contributed by atoms with E-state index in [1.807, 2.05) is 48.5 Å². The highest BCUT2D eigenvalue weighted by atomic mass is 14.3. The molecule has 0 aliphatic rings. The molecule has 0 unspecified atom stereocenters. The zero-order valence-electron chi connectivity index (χ0n) is 15.2. The Kier molecular flexibility index (Phi) is 4.61. The van der Waals surface area contributed by atoms with Gasteiger partial charge in [0, 0.05) is 0 Å². The molecule has 2 heteroatoms. The Morgan fingerprint density at radius 2 is 1.00 bits per heavy atom. The highest BCUT2D eigenvalue weighted by molar-refractivity contribution is 5.80. The molecule has 26 heavy (non-hydrogen) atoms. The molecular weight excluding hydrogens is 316 g/mol. The molecule has 0 saturated carbocycles. The second kappa shape index (κ2) is 6.87. The lowest BCUT2D eigenvalue weighted by atomic mass is 9.77. The number of nitriles is 2. The van der Waals surface area contributed by atoms with Crippen molar-refractivity contribution in [3.05, 3.63) is 83.4 Å². The molecule has 126 valence electrons. The van der Waals surface area contributed by atoms with Gasteiger partial charge in [0.25, 0.3) is 0 Å². The van der Waals surface area contributed by atoms with Crippen LogP contribution in [0.5, 0.6) is 0 Å². The summed E-state index contributed by atoms with van der Waals surface area (Å²) < 4.78 is 0. The molecule has 0 amide bonds. The molecule has 3 aromatic carbocycles. The van der Waals surface area contributed by atoms with Crippen LogP contribution in [0, 0.1) is 22.7 Å². The van der Waals surface area contributed by atoms with Crippen molar-refractivity contribution < 1.29 is 0 Å². The maximum Gasteiger partial charge on any atom is 0.0991 e. The summed E-state index contributed by atoms with van der Waals surface area (Å²) in [5.41, 5.74) is 7.06. The molecule has 0 N–H and O–H groups in total. The Balaban J connectivity index is 2.22. The van der Waals surface area contributed by atoms with Crippen LogP contribution in [-0.2, 0) is 5.41 Å². The average Bonchev–Trinajstić information content (AvgIpc) is 2.67. The summed E-state index contributed by atoms with van der Waals surface area (Å²) in [4.78, 5) is 0. The van der Waals surface area contributed by atoms with Crippen LogP contribution in [0.3, 0.4) is 0 Å². The van der Waals surface area contributed by atoms with Crippen LogP contribution in [0.25, 0.3) is 22.3 Å². The highest BCUT2D eigenvalue weighted by Crippen LogP contribution is 2.40. The van der Waals surface area contributed by atoms with Crippen LogP contribution >= 0.6 is 0 Å². The Morgan fingerprint density at radius 1 is 0.615 bits per heavy atom. The van der Waals surface area contributed by atoms with Gasteiger partial charge in [0.2, 0.25) is 0 Å². The molecule has 0 atom stereocenters. The van der Waals surface area contributed by atoms with Crippen molar-refractivity contribution in [3.63, 3.8) is 0 Å². The molecule has 0 bridgehead atoms. The Bertz CT molecular complexity index is 931. The van der Waals surface area contributed by atoms with E-state index in [0.717, 1.165) is 11.1 Å². The largest absolute Gasteiger partial charge is 0.192 e. The molecule has 0 aromatic heterocycles. The Labute approximate surface area is 155 Å². The lowest BCUT2D eigenvalue weighted by Crippen LogP contribution is -2.14. The van der Waals surface area contributed by atoms with Crippen LogP contribution < -0.4 is 0 Å². The van der Waals surface area contributed by atoms with Gasteiger partial charge >= 0.3 is 0 Å². The fourth-order valence-electron chi connectivity index (χ4n) is 3.29. The first kappa shape index (κ1) is 17.5. The molecule has 3 aromatic rings. The Morgan fingerprint density at radius 3 is 1.31 bits per heavy atom. The lowest BCUT2D eigenvalue weighted by molar-refractivity contribution is 0.593. The van der Waals surface area contributed by atoms with Gasteiger partial charge in [-0.25, -0.2) is 0 Å². The molecule has 0 aliphatic carbocycles. The molecule has 0 saturated heterocycles. The van der Waals surface area contributed by atoms with Gasteiger partial charge < -0.3 is 0 Å². The van der Waals surface area contributed by atoms with E-state index in [-0.39, 0.29) is 5.41 Å². The van der Waals surface area contributed by atoms with E-state index in [4.69, 9.17) is 10.5 Å². The van der Waals surface area contributed by atoms with Gasteiger partial charge in [0.05, 0.1) is 23.3 Å². The van der Waals surface area contributed by atoms with Crippen LogP contribution in [0.15, 0.2) is 66.7 Å². The summed E-state index contributed by atoms with van der Waals surface area (Å²) in [6.45, 7) is 6.63. The summed E-state index contributed by atoms with van der Waals surface area (Å²) in [6.07, 6.45) is 0.